The van der Waals surface area contributed by atoms with Crippen LogP contribution in [0.5, 0.6) is 0 Å². The lowest BCUT2D eigenvalue weighted by molar-refractivity contribution is -0.116. The monoisotopic (exact) mass is 411 g/mol. The Morgan fingerprint density at radius 3 is 1.94 bits per heavy atom. The highest BCUT2D eigenvalue weighted by Crippen LogP contribution is 2.28. The maximum Gasteiger partial charge on any atom is 0.252 e. The van der Waals surface area contributed by atoms with Crippen molar-refractivity contribution in [3.05, 3.63) is 101 Å². The average molecular weight is 412 g/mol. The normalized spacial score (nSPS) is 11.0. The number of carbonyl (C=O) groups is 1. The lowest BCUT2D eigenvalue weighted by atomic mass is 9.88. The summed E-state index contributed by atoms with van der Waals surface area (Å²) in [6, 6.07) is 23.9. The molecule has 0 unspecified atom stereocenters. The first kappa shape index (κ1) is 20.5. The van der Waals surface area contributed by atoms with E-state index in [1.807, 2.05) is 69.3 Å². The SMILES string of the molecule is Cc1cc(C)nc(-n2nc(C)cc2NC(=O)CC(c2ccccc2)c2ccccc2)n1. The second kappa shape index (κ2) is 8.92. The first-order valence-electron chi connectivity index (χ1n) is 10.3. The van der Waals surface area contributed by atoms with Gasteiger partial charge in [0.1, 0.15) is 5.82 Å². The molecule has 31 heavy (non-hydrogen) atoms. The predicted molar refractivity (Wildman–Crippen MR) is 121 cm³/mol. The molecule has 0 radical (unpaired) electrons. The molecule has 2 aromatic carbocycles. The highest BCUT2D eigenvalue weighted by atomic mass is 16.1. The Bertz CT molecular complexity index is 1130. The number of benzene rings is 2. The first-order valence-corrected chi connectivity index (χ1v) is 10.3. The van der Waals surface area contributed by atoms with Crippen LogP contribution in [-0.2, 0) is 4.79 Å². The quantitative estimate of drug-likeness (QED) is 0.497. The topological polar surface area (TPSA) is 72.7 Å². The molecule has 0 atom stereocenters. The molecular weight excluding hydrogens is 386 g/mol. The number of hydrogen-bond donors (Lipinski definition) is 1. The molecule has 0 aliphatic carbocycles. The summed E-state index contributed by atoms with van der Waals surface area (Å²) in [5, 5.41) is 7.51. The average Bonchev–Trinajstić information content (AvgIpc) is 3.12. The molecule has 1 amide bonds. The molecule has 156 valence electrons. The smallest absolute Gasteiger partial charge is 0.252 e. The van der Waals surface area contributed by atoms with E-state index >= 15 is 0 Å². The number of anilines is 1. The zero-order chi connectivity index (χ0) is 21.8. The molecule has 0 fully saturated rings. The van der Waals surface area contributed by atoms with Crippen molar-refractivity contribution in [3.8, 4) is 5.95 Å². The van der Waals surface area contributed by atoms with Gasteiger partial charge in [-0.25, -0.2) is 9.97 Å². The second-order valence-electron chi connectivity index (χ2n) is 7.66. The van der Waals surface area contributed by atoms with E-state index in [-0.39, 0.29) is 11.8 Å². The third kappa shape index (κ3) is 4.86. The largest absolute Gasteiger partial charge is 0.310 e. The van der Waals surface area contributed by atoms with Crippen LogP contribution in [0.15, 0.2) is 72.8 Å². The van der Waals surface area contributed by atoms with E-state index in [0.29, 0.717) is 18.2 Å². The molecule has 6 nitrogen and oxygen atoms in total. The van der Waals surface area contributed by atoms with Crippen molar-refractivity contribution in [2.24, 2.45) is 0 Å². The van der Waals surface area contributed by atoms with Gasteiger partial charge in [-0.1, -0.05) is 60.7 Å². The summed E-state index contributed by atoms with van der Waals surface area (Å²) in [6.07, 6.45) is 0.311. The molecule has 4 aromatic rings. The van der Waals surface area contributed by atoms with Crippen molar-refractivity contribution in [1.82, 2.24) is 19.7 Å². The van der Waals surface area contributed by atoms with Gasteiger partial charge in [0.25, 0.3) is 5.95 Å². The van der Waals surface area contributed by atoms with Crippen molar-refractivity contribution in [1.29, 1.82) is 0 Å². The lowest BCUT2D eigenvalue weighted by Crippen LogP contribution is -2.19. The van der Waals surface area contributed by atoms with Gasteiger partial charge in [0, 0.05) is 29.8 Å². The van der Waals surface area contributed by atoms with Gasteiger partial charge in [0.15, 0.2) is 0 Å². The summed E-state index contributed by atoms with van der Waals surface area (Å²) in [4.78, 5) is 22.1. The Kier molecular flexibility index (Phi) is 5.89. The van der Waals surface area contributed by atoms with E-state index in [9.17, 15) is 4.79 Å². The van der Waals surface area contributed by atoms with Crippen LogP contribution in [0.2, 0.25) is 0 Å². The number of nitrogens with zero attached hydrogens (tertiary/aromatic N) is 4. The van der Waals surface area contributed by atoms with Crippen LogP contribution in [0, 0.1) is 20.8 Å². The van der Waals surface area contributed by atoms with Crippen LogP contribution in [0.4, 0.5) is 5.82 Å². The molecule has 0 spiro atoms. The fourth-order valence-electron chi connectivity index (χ4n) is 3.72. The van der Waals surface area contributed by atoms with Gasteiger partial charge in [0.2, 0.25) is 5.91 Å². The molecule has 0 aliphatic rings. The van der Waals surface area contributed by atoms with Gasteiger partial charge in [-0.2, -0.15) is 9.78 Å². The Hall–Kier alpha value is -3.80. The number of amides is 1. The molecule has 4 rings (SSSR count). The number of hydrogen-bond acceptors (Lipinski definition) is 4. The van der Waals surface area contributed by atoms with E-state index < -0.39 is 0 Å². The summed E-state index contributed by atoms with van der Waals surface area (Å²) in [6.45, 7) is 5.71. The summed E-state index contributed by atoms with van der Waals surface area (Å²) < 4.78 is 1.59. The fourth-order valence-corrected chi connectivity index (χ4v) is 3.72. The van der Waals surface area contributed by atoms with Crippen LogP contribution in [0.25, 0.3) is 5.95 Å². The van der Waals surface area contributed by atoms with E-state index in [2.05, 4.69) is 44.6 Å². The van der Waals surface area contributed by atoms with Gasteiger partial charge in [-0.15, -0.1) is 0 Å². The molecule has 1 N–H and O–H groups in total. The predicted octanol–water partition coefficient (Wildman–Crippen LogP) is 4.75. The minimum Gasteiger partial charge on any atom is -0.310 e. The van der Waals surface area contributed by atoms with Crippen LogP contribution in [0.3, 0.4) is 0 Å². The number of carbonyl (C=O) groups excluding carboxylic acids is 1. The molecule has 0 bridgehead atoms. The minimum absolute atomic E-state index is 0.0441. The maximum atomic E-state index is 13.1. The number of nitrogens with one attached hydrogen (secondary N) is 1. The third-order valence-corrected chi connectivity index (χ3v) is 5.05. The highest BCUT2D eigenvalue weighted by molar-refractivity contribution is 5.91. The Labute approximate surface area is 182 Å². The Morgan fingerprint density at radius 1 is 0.839 bits per heavy atom. The molecule has 0 saturated carbocycles. The molecule has 2 heterocycles. The second-order valence-corrected chi connectivity index (χ2v) is 7.66. The zero-order valence-electron chi connectivity index (χ0n) is 17.9. The molecule has 6 heteroatoms. The molecule has 0 aliphatic heterocycles. The summed E-state index contributed by atoms with van der Waals surface area (Å²) in [5.74, 6) is 0.872. The lowest BCUT2D eigenvalue weighted by Gasteiger charge is -2.18. The van der Waals surface area contributed by atoms with Crippen molar-refractivity contribution in [3.63, 3.8) is 0 Å². The van der Waals surface area contributed by atoms with Gasteiger partial charge in [-0.3, -0.25) is 4.79 Å². The summed E-state index contributed by atoms with van der Waals surface area (Å²) in [7, 11) is 0. The molecular formula is C25H25N5O. The van der Waals surface area contributed by atoms with Crippen molar-refractivity contribution in [2.45, 2.75) is 33.1 Å². The number of aryl methyl sites for hydroxylation is 3. The van der Waals surface area contributed by atoms with Gasteiger partial charge in [0.05, 0.1) is 5.69 Å². The van der Waals surface area contributed by atoms with Crippen LogP contribution in [0.1, 0.15) is 40.5 Å². The highest BCUT2D eigenvalue weighted by Gasteiger charge is 2.20. The van der Waals surface area contributed by atoms with E-state index in [0.717, 1.165) is 28.2 Å². The van der Waals surface area contributed by atoms with Gasteiger partial charge < -0.3 is 5.32 Å². The van der Waals surface area contributed by atoms with Gasteiger partial charge >= 0.3 is 0 Å². The van der Waals surface area contributed by atoms with Crippen molar-refractivity contribution in [2.75, 3.05) is 5.32 Å². The fraction of sp³-hybridized carbons (Fsp3) is 0.200. The standard InChI is InChI=1S/C25H25N5O/c1-17-14-18(2)27-25(26-17)30-23(15-19(3)29-30)28-24(31)16-22(20-10-6-4-7-11-20)21-12-8-5-9-13-21/h4-15,22H,16H2,1-3H3,(H,28,31). The van der Waals surface area contributed by atoms with Crippen LogP contribution < -0.4 is 5.32 Å². The number of rotatable bonds is 6. The summed E-state index contributed by atoms with van der Waals surface area (Å²) >= 11 is 0. The van der Waals surface area contributed by atoms with Crippen LogP contribution >= 0.6 is 0 Å². The first-order chi connectivity index (χ1) is 15.0. The molecule has 0 saturated heterocycles. The Balaban J connectivity index is 1.61. The van der Waals surface area contributed by atoms with Crippen LogP contribution in [-0.4, -0.2) is 25.7 Å². The van der Waals surface area contributed by atoms with E-state index in [1.54, 1.807) is 4.68 Å². The van der Waals surface area contributed by atoms with Crippen molar-refractivity contribution < 1.29 is 4.79 Å². The minimum atomic E-state index is -0.0942. The van der Waals surface area contributed by atoms with Crippen molar-refractivity contribution >= 4 is 11.7 Å². The number of aromatic nitrogens is 4. The van der Waals surface area contributed by atoms with E-state index in [4.69, 9.17) is 0 Å². The van der Waals surface area contributed by atoms with E-state index in [1.165, 1.54) is 0 Å². The summed E-state index contributed by atoms with van der Waals surface area (Å²) in [5.41, 5.74) is 4.68. The maximum absolute atomic E-state index is 13.1. The van der Waals surface area contributed by atoms with Gasteiger partial charge in [-0.05, 0) is 38.0 Å². The zero-order valence-corrected chi connectivity index (χ0v) is 17.9. The Morgan fingerprint density at radius 2 is 1.39 bits per heavy atom. The third-order valence-electron chi connectivity index (χ3n) is 5.05. The molecule has 2 aromatic heterocycles.